The van der Waals surface area contributed by atoms with Gasteiger partial charge in [0.15, 0.2) is 40.5 Å². The number of aryl methyl sites for hydroxylation is 9. The maximum absolute atomic E-state index is 13.2. The van der Waals surface area contributed by atoms with Crippen molar-refractivity contribution in [2.45, 2.75) is 246 Å². The highest BCUT2D eigenvalue weighted by Gasteiger charge is 2.38. The second-order valence-corrected chi connectivity index (χ2v) is 40.7. The number of benzene rings is 7. The Kier molecular flexibility index (Phi) is 32.6. The third-order valence-electron chi connectivity index (χ3n) is 28.1. The highest BCUT2D eigenvalue weighted by atomic mass is 79.9. The smallest absolute Gasteiger partial charge is 0.297 e. The van der Waals surface area contributed by atoms with Crippen molar-refractivity contribution in [3.8, 4) is 0 Å². The summed E-state index contributed by atoms with van der Waals surface area (Å²) in [6.45, 7) is 43.1. The average molecular weight is 2110 g/mol. The fourth-order valence-corrected chi connectivity index (χ4v) is 21.0. The maximum atomic E-state index is 13.2. The minimum absolute atomic E-state index is 0.0142. The summed E-state index contributed by atoms with van der Waals surface area (Å²) in [5.41, 5.74) is 10.8. The molecule has 7 heterocycles. The number of nitrogens with zero attached hydrogens (tertiary/aromatic N) is 14. The zero-order chi connectivity index (χ0) is 108. The van der Waals surface area contributed by atoms with Crippen molar-refractivity contribution < 1.29 is 51.1 Å². The molecular formula is C115H112BrClF4N14O14. The summed E-state index contributed by atoms with van der Waals surface area (Å²) in [4.78, 5) is 205. The van der Waals surface area contributed by atoms with Crippen LogP contribution in [-0.2, 0) is 39.7 Å². The van der Waals surface area contributed by atoms with E-state index in [0.717, 1.165) is 117 Å². The Balaban J connectivity index is 0.000000130. The van der Waals surface area contributed by atoms with E-state index in [4.69, 9.17) is 11.6 Å². The summed E-state index contributed by atoms with van der Waals surface area (Å²) < 4.78 is 63.0. The number of carbonyl (C=O) groups excluding carboxylic acids is 7. The Morgan fingerprint density at radius 3 is 0.899 bits per heavy atom. The molecule has 0 radical (unpaired) electrons. The fourth-order valence-electron chi connectivity index (χ4n) is 20.5. The Labute approximate surface area is 866 Å². The lowest BCUT2D eigenvalue weighted by Gasteiger charge is -2.25. The van der Waals surface area contributed by atoms with Crippen LogP contribution in [0.15, 0.2) is 257 Å². The number of aromatic nitrogens is 14. The molecule has 34 heteroatoms. The van der Waals surface area contributed by atoms with Gasteiger partial charge in [-0.25, -0.2) is 39.3 Å². The quantitative estimate of drug-likeness (QED) is 0.106. The van der Waals surface area contributed by atoms with Gasteiger partial charge in [0.05, 0.1) is 131 Å². The number of fused-ring (bicyclic) bond motifs is 7. The van der Waals surface area contributed by atoms with Gasteiger partial charge in [0.1, 0.15) is 40.8 Å². The second kappa shape index (κ2) is 44.9. The molecule has 7 aliphatic carbocycles. The highest BCUT2D eigenvalue weighted by Crippen LogP contribution is 2.38. The van der Waals surface area contributed by atoms with Gasteiger partial charge in [-0.3, -0.25) is 99.1 Å². The minimum Gasteiger partial charge on any atom is -0.297 e. The molecular weight excluding hydrogens is 1990 g/mol. The molecule has 21 rings (SSSR count). The standard InChI is InChI=1S/C17H15F3N2O2.2C17H18N2O2.C16H15BrN2O2.C16H15ClN2O2.C16H15FN2O2.C16H16N2O2/c1-9-3-6-14(15(23)7-9)22-10(2)21-13-8-11(17(18,19)20)4-5-12(13)16(22)24;1-10-4-6-14-13(8-10)17(21)19(12(3)18-14)15-7-5-11(2)9-16(15)20;1-10-4-6-13-14(8-10)18-12(3)19(17(13)21)15-7-5-11(2)9-16(15)20;3*1-9-3-6-14(15(20)7-9)19-10(2)18-13-8-11(17)4-5-12(13)16(19)21;1-10-3-5-13-12(7-10)16(20)18(9-17-13)14-6-4-11(2)8-15(14)19/h4-5,8,14H,1,3,6-7H2,2H3;2*4,6,8,15H,2,5,7,9H2,1,3H3;3*4-5,8,14H,1,3,6-7H2,2H3;3,5,7,9,14H,2,4,6,8H2,1H3. The molecule has 7 atom stereocenters. The topological polar surface area (TPSA) is 364 Å². The zero-order valence-corrected chi connectivity index (χ0v) is 86.6. The van der Waals surface area contributed by atoms with Gasteiger partial charge in [-0.15, -0.1) is 0 Å². The normalized spacial score (nSPS) is 19.3. The molecule has 28 nitrogen and oxygen atoms in total. The molecule has 149 heavy (non-hydrogen) atoms. The van der Waals surface area contributed by atoms with E-state index in [9.17, 15) is 84.7 Å². The fraction of sp³-hybridized carbons (Fsp3) is 0.330. The van der Waals surface area contributed by atoms with E-state index in [-0.39, 0.29) is 97.0 Å². The van der Waals surface area contributed by atoms with Crippen LogP contribution in [0.1, 0.15) is 234 Å². The van der Waals surface area contributed by atoms with E-state index < -0.39 is 65.4 Å². The van der Waals surface area contributed by atoms with Gasteiger partial charge in [0, 0.05) is 60.5 Å². The molecule has 14 aromatic rings. The number of hydrogen-bond acceptors (Lipinski definition) is 21. The van der Waals surface area contributed by atoms with Crippen molar-refractivity contribution in [3.63, 3.8) is 0 Å². The molecule has 0 saturated heterocycles. The number of allylic oxidation sites excluding steroid dienone is 7. The summed E-state index contributed by atoms with van der Waals surface area (Å²) in [7, 11) is 0. The van der Waals surface area contributed by atoms with Crippen LogP contribution in [0.3, 0.4) is 0 Å². The SMILES string of the molecule is C=C1CCC(n2c(C)nc3cc(Br)ccc3c2=O)C(=O)C1.C=C1CCC(n2c(C)nc3cc(C(F)(F)F)ccc3c2=O)C(=O)C1.C=C1CCC(n2c(C)nc3cc(C)ccc3c2=O)C(=O)C1.C=C1CCC(n2c(C)nc3cc(Cl)ccc3c2=O)C(=O)C1.C=C1CCC(n2c(C)nc3cc(F)ccc3c2=O)C(=O)C1.C=C1CCC(n2c(C)nc3ccc(C)cc3c2=O)C(=O)C1.C=C1CCC(n2cnc3ccc(C)cc3c2=O)C(=O)C1. The molecule has 0 spiro atoms. The average Bonchev–Trinajstić information content (AvgIpc) is 0.763. The van der Waals surface area contributed by atoms with Crippen molar-refractivity contribution in [2.75, 3.05) is 0 Å². The summed E-state index contributed by atoms with van der Waals surface area (Å²) in [5, 5.41) is 3.70. The van der Waals surface area contributed by atoms with Gasteiger partial charge in [0.2, 0.25) is 0 Å². The van der Waals surface area contributed by atoms with E-state index in [1.54, 1.807) is 78.7 Å². The van der Waals surface area contributed by atoms with E-state index >= 15 is 0 Å². The summed E-state index contributed by atoms with van der Waals surface area (Å²) in [6.07, 6.45) is 8.72. The Hall–Kier alpha value is -15.1. The monoisotopic (exact) mass is 2100 g/mol. The molecule has 0 N–H and O–H groups in total. The van der Waals surface area contributed by atoms with Gasteiger partial charge in [0.25, 0.3) is 38.9 Å². The molecule has 7 aromatic heterocycles. The minimum atomic E-state index is -4.50. The van der Waals surface area contributed by atoms with Crippen molar-refractivity contribution in [3.05, 3.63) is 364 Å². The summed E-state index contributed by atoms with van der Waals surface area (Å²) in [6, 6.07) is 30.7. The number of Topliss-reactive ketones (excluding diaryl/α,β-unsaturated/α-hetero) is 7. The lowest BCUT2D eigenvalue weighted by atomic mass is 9.90. The Morgan fingerprint density at radius 1 is 0.289 bits per heavy atom. The third-order valence-corrected chi connectivity index (χ3v) is 28.8. The van der Waals surface area contributed by atoms with E-state index in [1.807, 2.05) is 81.4 Å². The lowest BCUT2D eigenvalue weighted by Crippen LogP contribution is -2.34. The number of carbonyl (C=O) groups is 7. The van der Waals surface area contributed by atoms with Crippen LogP contribution < -0.4 is 38.9 Å². The van der Waals surface area contributed by atoms with Gasteiger partial charge in [-0.2, -0.15) is 13.2 Å². The molecule has 0 aliphatic heterocycles. The van der Waals surface area contributed by atoms with Crippen LogP contribution in [0.4, 0.5) is 17.6 Å². The van der Waals surface area contributed by atoms with Crippen molar-refractivity contribution in [2.24, 2.45) is 0 Å². The van der Waals surface area contributed by atoms with Gasteiger partial charge in [-0.1, -0.05) is 142 Å². The van der Waals surface area contributed by atoms with Gasteiger partial charge < -0.3 is 0 Å². The first-order valence-electron chi connectivity index (χ1n) is 49.1. The van der Waals surface area contributed by atoms with Crippen molar-refractivity contribution >= 4 is 144 Å². The number of hydrogen-bond donors (Lipinski definition) is 0. The molecule has 7 unspecified atom stereocenters. The van der Waals surface area contributed by atoms with Crippen LogP contribution in [-0.4, -0.2) is 107 Å². The number of halogens is 6. The maximum Gasteiger partial charge on any atom is 0.416 e. The van der Waals surface area contributed by atoms with Crippen LogP contribution in [0.2, 0.25) is 5.02 Å². The largest absolute Gasteiger partial charge is 0.416 e. The molecule has 0 bridgehead atoms. The van der Waals surface area contributed by atoms with Gasteiger partial charge in [-0.05, 0) is 261 Å². The molecule has 7 saturated carbocycles. The van der Waals surface area contributed by atoms with E-state index in [0.29, 0.717) is 189 Å². The van der Waals surface area contributed by atoms with Crippen LogP contribution in [0.25, 0.3) is 76.3 Å². The van der Waals surface area contributed by atoms with Crippen LogP contribution in [0.5, 0.6) is 0 Å². The predicted octanol–water partition coefficient (Wildman–Crippen LogP) is 21.1. The summed E-state index contributed by atoms with van der Waals surface area (Å²) in [5.74, 6) is 2.68. The molecule has 768 valence electrons. The van der Waals surface area contributed by atoms with Crippen LogP contribution in [0, 0.1) is 68.1 Å². The number of alkyl halides is 3. The molecule has 7 aromatic carbocycles. The third kappa shape index (κ3) is 23.7. The lowest BCUT2D eigenvalue weighted by molar-refractivity contribution is -0.137. The Bertz CT molecular complexity index is 8000. The Morgan fingerprint density at radius 2 is 0.550 bits per heavy atom. The summed E-state index contributed by atoms with van der Waals surface area (Å²) >= 11 is 9.32. The predicted molar refractivity (Wildman–Crippen MR) is 572 cm³/mol. The molecule has 7 aliphatic rings. The second-order valence-electron chi connectivity index (χ2n) is 39.4. The first-order chi connectivity index (χ1) is 70.6. The van der Waals surface area contributed by atoms with E-state index in [1.165, 1.54) is 49.7 Å². The van der Waals surface area contributed by atoms with Crippen molar-refractivity contribution in [1.82, 2.24) is 66.9 Å². The molecule has 0 amide bonds. The highest BCUT2D eigenvalue weighted by molar-refractivity contribution is 9.10. The number of ketones is 7. The first kappa shape index (κ1) is 108. The number of rotatable bonds is 7. The van der Waals surface area contributed by atoms with Gasteiger partial charge >= 0.3 is 6.18 Å². The first-order valence-corrected chi connectivity index (χ1v) is 50.2. The van der Waals surface area contributed by atoms with Crippen LogP contribution >= 0.6 is 27.5 Å². The molecule has 7 fully saturated rings. The van der Waals surface area contributed by atoms with E-state index in [2.05, 4.69) is 96.9 Å². The zero-order valence-electron chi connectivity index (χ0n) is 84.3. The van der Waals surface area contributed by atoms with Crippen molar-refractivity contribution in [1.29, 1.82) is 0 Å².